The normalized spacial score (nSPS) is 11.9. The van der Waals surface area contributed by atoms with Crippen molar-refractivity contribution in [3.05, 3.63) is 33.3 Å². The van der Waals surface area contributed by atoms with E-state index < -0.39 is 0 Å². The van der Waals surface area contributed by atoms with Crippen molar-refractivity contribution < 1.29 is 0 Å². The Labute approximate surface area is 120 Å². The van der Waals surface area contributed by atoms with Gasteiger partial charge in [0.25, 0.3) is 0 Å². The van der Waals surface area contributed by atoms with Crippen LogP contribution in [-0.4, -0.2) is 4.98 Å². The summed E-state index contributed by atoms with van der Waals surface area (Å²) >= 11 is 9.71. The number of fused-ring (bicyclic) bond motifs is 1. The number of anilines is 1. The van der Waals surface area contributed by atoms with E-state index in [-0.39, 0.29) is 5.41 Å². The molecule has 18 heavy (non-hydrogen) atoms. The van der Waals surface area contributed by atoms with Crippen molar-refractivity contribution in [3.63, 3.8) is 0 Å². The predicted octanol–water partition coefficient (Wildman–Crippen LogP) is 4.23. The van der Waals surface area contributed by atoms with Gasteiger partial charge in [0.05, 0.1) is 10.5 Å². The molecule has 0 radical (unpaired) electrons. The van der Waals surface area contributed by atoms with Crippen molar-refractivity contribution in [1.82, 2.24) is 4.98 Å². The summed E-state index contributed by atoms with van der Waals surface area (Å²) in [7, 11) is 0. The Kier molecular flexibility index (Phi) is 3.54. The number of hydrogen-bond donors (Lipinski definition) is 2. The molecule has 3 nitrogen and oxygen atoms in total. The first-order valence-electron chi connectivity index (χ1n) is 5.60. The molecule has 0 unspecified atom stereocenters. The van der Waals surface area contributed by atoms with Gasteiger partial charge in [0.1, 0.15) is 5.82 Å². The molecule has 0 spiro atoms. The summed E-state index contributed by atoms with van der Waals surface area (Å²) in [6, 6.07) is 5.79. The van der Waals surface area contributed by atoms with Crippen LogP contribution >= 0.6 is 27.5 Å². The second-order valence-electron chi connectivity index (χ2n) is 5.20. The Morgan fingerprint density at radius 3 is 2.56 bits per heavy atom. The van der Waals surface area contributed by atoms with E-state index in [9.17, 15) is 0 Å². The molecule has 0 atom stereocenters. The zero-order chi connectivity index (χ0) is 13.5. The zero-order valence-electron chi connectivity index (χ0n) is 10.5. The molecule has 0 fully saturated rings. The molecule has 3 N–H and O–H groups in total. The van der Waals surface area contributed by atoms with Gasteiger partial charge in [-0.3, -0.25) is 0 Å². The van der Waals surface area contributed by atoms with Crippen molar-refractivity contribution in [2.45, 2.75) is 26.2 Å². The van der Waals surface area contributed by atoms with Gasteiger partial charge in [0.15, 0.2) is 0 Å². The number of nitrogens with one attached hydrogen (secondary N) is 1. The van der Waals surface area contributed by atoms with E-state index in [2.05, 4.69) is 47.1 Å². The number of nitrogens with two attached hydrogens (primary N) is 1. The van der Waals surface area contributed by atoms with E-state index in [1.54, 1.807) is 0 Å². The molecular weight excluding hydrogens is 314 g/mol. The summed E-state index contributed by atoms with van der Waals surface area (Å²) in [5, 5.41) is 1.62. The summed E-state index contributed by atoms with van der Waals surface area (Å²) in [6.07, 6.45) is 0. The topological polar surface area (TPSA) is 50.9 Å². The van der Waals surface area contributed by atoms with Gasteiger partial charge in [0, 0.05) is 15.4 Å². The molecule has 0 bridgehead atoms. The maximum Gasteiger partial charge on any atom is 0.144 e. The monoisotopic (exact) mass is 327 g/mol. The number of aromatic nitrogens is 1. The van der Waals surface area contributed by atoms with Crippen LogP contribution in [0.1, 0.15) is 26.3 Å². The number of hydrazine groups is 1. The Bertz CT molecular complexity index is 605. The SMILES string of the molecule is CC(C)(C)c1cc2c(Cl)ccc(Br)c2nc1NN. The third-order valence-electron chi connectivity index (χ3n) is 2.83. The molecule has 0 saturated carbocycles. The van der Waals surface area contributed by atoms with Crippen molar-refractivity contribution in [2.24, 2.45) is 5.84 Å². The van der Waals surface area contributed by atoms with E-state index in [0.717, 1.165) is 20.9 Å². The Hall–Kier alpha value is -0.840. The minimum atomic E-state index is -0.0610. The highest BCUT2D eigenvalue weighted by molar-refractivity contribution is 9.10. The standard InChI is InChI=1S/C13H15BrClN3/c1-13(2,3)8-6-7-10(15)5-4-9(14)11(7)17-12(8)18-16/h4-6H,16H2,1-3H3,(H,17,18). The van der Waals surface area contributed by atoms with Gasteiger partial charge < -0.3 is 5.43 Å². The van der Waals surface area contributed by atoms with E-state index >= 15 is 0 Å². The third-order valence-corrected chi connectivity index (χ3v) is 3.80. The number of benzene rings is 1. The molecular formula is C13H15BrClN3. The molecule has 0 saturated heterocycles. The van der Waals surface area contributed by atoms with E-state index in [0.29, 0.717) is 10.8 Å². The summed E-state index contributed by atoms with van der Waals surface area (Å²) in [4.78, 5) is 4.55. The van der Waals surface area contributed by atoms with Gasteiger partial charge in [-0.25, -0.2) is 10.8 Å². The zero-order valence-corrected chi connectivity index (χ0v) is 12.9. The molecule has 0 aliphatic carbocycles. The minimum absolute atomic E-state index is 0.0610. The lowest BCUT2D eigenvalue weighted by atomic mass is 9.86. The second kappa shape index (κ2) is 4.68. The van der Waals surface area contributed by atoms with Gasteiger partial charge in [-0.15, -0.1) is 0 Å². The van der Waals surface area contributed by atoms with Crippen molar-refractivity contribution in [2.75, 3.05) is 5.43 Å². The molecule has 1 heterocycles. The van der Waals surface area contributed by atoms with Crippen LogP contribution in [0.4, 0.5) is 5.82 Å². The van der Waals surface area contributed by atoms with E-state index in [1.807, 2.05) is 18.2 Å². The lowest BCUT2D eigenvalue weighted by Gasteiger charge is -2.22. The van der Waals surface area contributed by atoms with Crippen LogP contribution in [0, 0.1) is 0 Å². The lowest BCUT2D eigenvalue weighted by Crippen LogP contribution is -2.19. The molecule has 1 aromatic carbocycles. The molecule has 96 valence electrons. The molecule has 0 amide bonds. The fourth-order valence-corrected chi connectivity index (χ4v) is 2.52. The van der Waals surface area contributed by atoms with Crippen LogP contribution < -0.4 is 11.3 Å². The molecule has 0 aliphatic rings. The number of nitrogens with zero attached hydrogens (tertiary/aromatic N) is 1. The van der Waals surface area contributed by atoms with Crippen LogP contribution in [0.25, 0.3) is 10.9 Å². The Morgan fingerprint density at radius 1 is 1.33 bits per heavy atom. The van der Waals surface area contributed by atoms with Crippen LogP contribution in [0.3, 0.4) is 0 Å². The molecule has 1 aromatic heterocycles. The highest BCUT2D eigenvalue weighted by atomic mass is 79.9. The molecule has 0 aliphatic heterocycles. The average Bonchev–Trinajstić information content (AvgIpc) is 2.31. The lowest BCUT2D eigenvalue weighted by molar-refractivity contribution is 0.590. The Balaban J connectivity index is 2.86. The third kappa shape index (κ3) is 2.32. The summed E-state index contributed by atoms with van der Waals surface area (Å²) < 4.78 is 0.902. The first-order valence-corrected chi connectivity index (χ1v) is 6.77. The molecule has 5 heteroatoms. The smallest absolute Gasteiger partial charge is 0.144 e. The number of rotatable bonds is 1. The van der Waals surface area contributed by atoms with Gasteiger partial charge in [0.2, 0.25) is 0 Å². The highest BCUT2D eigenvalue weighted by Gasteiger charge is 2.21. The summed E-state index contributed by atoms with van der Waals surface area (Å²) in [5.74, 6) is 6.24. The van der Waals surface area contributed by atoms with Crippen molar-refractivity contribution in [1.29, 1.82) is 0 Å². The average molecular weight is 329 g/mol. The maximum atomic E-state index is 6.23. The molecule has 2 aromatic rings. The van der Waals surface area contributed by atoms with Gasteiger partial charge in [-0.2, -0.15) is 0 Å². The number of nitrogen functional groups attached to an aromatic ring is 1. The fourth-order valence-electron chi connectivity index (χ4n) is 1.87. The van der Waals surface area contributed by atoms with Crippen LogP contribution in [0.2, 0.25) is 5.02 Å². The quantitative estimate of drug-likeness (QED) is 0.608. The first-order chi connectivity index (χ1) is 8.34. The number of pyridine rings is 1. The molecule has 2 rings (SSSR count). The van der Waals surface area contributed by atoms with Crippen LogP contribution in [0.15, 0.2) is 22.7 Å². The van der Waals surface area contributed by atoms with Crippen LogP contribution in [-0.2, 0) is 5.41 Å². The van der Waals surface area contributed by atoms with Crippen molar-refractivity contribution in [3.8, 4) is 0 Å². The Morgan fingerprint density at radius 2 is 2.00 bits per heavy atom. The largest absolute Gasteiger partial charge is 0.308 e. The van der Waals surface area contributed by atoms with Gasteiger partial charge in [-0.05, 0) is 39.5 Å². The minimum Gasteiger partial charge on any atom is -0.308 e. The number of hydrogen-bond acceptors (Lipinski definition) is 3. The van der Waals surface area contributed by atoms with Crippen molar-refractivity contribution >= 4 is 44.3 Å². The van der Waals surface area contributed by atoms with E-state index in [4.69, 9.17) is 17.4 Å². The number of halogens is 2. The van der Waals surface area contributed by atoms with E-state index in [1.165, 1.54) is 0 Å². The maximum absolute atomic E-state index is 6.23. The summed E-state index contributed by atoms with van der Waals surface area (Å²) in [5.41, 5.74) is 4.45. The van der Waals surface area contributed by atoms with Crippen LogP contribution in [0.5, 0.6) is 0 Å². The van der Waals surface area contributed by atoms with Gasteiger partial charge >= 0.3 is 0 Å². The fraction of sp³-hybridized carbons (Fsp3) is 0.308. The second-order valence-corrected chi connectivity index (χ2v) is 6.47. The first kappa shape index (κ1) is 13.6. The van der Waals surface area contributed by atoms with Gasteiger partial charge in [-0.1, -0.05) is 32.4 Å². The predicted molar refractivity (Wildman–Crippen MR) is 81.0 cm³/mol. The highest BCUT2D eigenvalue weighted by Crippen LogP contribution is 2.35. The summed E-state index contributed by atoms with van der Waals surface area (Å²) in [6.45, 7) is 6.34.